The van der Waals surface area contributed by atoms with Crippen molar-refractivity contribution >= 4 is 6.03 Å². The van der Waals surface area contributed by atoms with Crippen LogP contribution in [0.4, 0.5) is 4.79 Å². The van der Waals surface area contributed by atoms with Gasteiger partial charge in [-0.2, -0.15) is 5.26 Å². The van der Waals surface area contributed by atoms with E-state index >= 15 is 0 Å². The zero-order chi connectivity index (χ0) is 19.6. The van der Waals surface area contributed by atoms with Crippen LogP contribution in [0.5, 0.6) is 0 Å². The van der Waals surface area contributed by atoms with Crippen molar-refractivity contribution in [3.8, 4) is 6.07 Å². The van der Waals surface area contributed by atoms with Crippen LogP contribution in [0.2, 0.25) is 0 Å². The Morgan fingerprint density at radius 1 is 1.07 bits per heavy atom. The van der Waals surface area contributed by atoms with Crippen LogP contribution in [0.3, 0.4) is 0 Å². The monoisotopic (exact) mass is 364 g/mol. The third-order valence-corrected chi connectivity index (χ3v) is 4.73. The minimum Gasteiger partial charge on any atom is -0.336 e. The zero-order valence-corrected chi connectivity index (χ0v) is 16.4. The van der Waals surface area contributed by atoms with Gasteiger partial charge in [0.2, 0.25) is 0 Å². The maximum atomic E-state index is 12.5. The van der Waals surface area contributed by atoms with Crippen molar-refractivity contribution in [3.63, 3.8) is 0 Å². The molecule has 0 aliphatic heterocycles. The topological polar surface area (TPSA) is 59.4 Å². The summed E-state index contributed by atoms with van der Waals surface area (Å²) in [5.41, 5.74) is 2.82. The highest BCUT2D eigenvalue weighted by Crippen LogP contribution is 2.19. The van der Waals surface area contributed by atoms with Crippen molar-refractivity contribution < 1.29 is 4.79 Å². The molecule has 0 spiro atoms. The van der Waals surface area contributed by atoms with Crippen molar-refractivity contribution in [1.29, 1.82) is 5.26 Å². The Balaban J connectivity index is 1.98. The van der Waals surface area contributed by atoms with Crippen molar-refractivity contribution in [1.82, 2.24) is 15.1 Å². The second kappa shape index (κ2) is 10.3. The van der Waals surface area contributed by atoms with Gasteiger partial charge in [0.25, 0.3) is 0 Å². The lowest BCUT2D eigenvalue weighted by Crippen LogP contribution is -2.42. The van der Waals surface area contributed by atoms with Crippen LogP contribution < -0.4 is 5.32 Å². The molecule has 142 valence electrons. The summed E-state index contributed by atoms with van der Waals surface area (Å²) in [6.07, 6.45) is 0. The molecule has 0 aliphatic rings. The Kier molecular flexibility index (Phi) is 7.84. The smallest absolute Gasteiger partial charge is 0.317 e. The van der Waals surface area contributed by atoms with E-state index in [0.717, 1.165) is 18.7 Å². The summed E-state index contributed by atoms with van der Waals surface area (Å²) in [5, 5.41) is 11.9. The van der Waals surface area contributed by atoms with Crippen molar-refractivity contribution in [2.45, 2.75) is 26.4 Å². The van der Waals surface area contributed by atoms with Gasteiger partial charge in [-0.25, -0.2) is 4.79 Å². The molecule has 0 fully saturated rings. The maximum Gasteiger partial charge on any atom is 0.317 e. The minimum absolute atomic E-state index is 0.104. The van der Waals surface area contributed by atoms with Crippen LogP contribution in [0.15, 0.2) is 54.6 Å². The van der Waals surface area contributed by atoms with Gasteiger partial charge in [-0.1, -0.05) is 56.3 Å². The van der Waals surface area contributed by atoms with E-state index in [4.69, 9.17) is 5.26 Å². The number of amides is 2. The zero-order valence-electron chi connectivity index (χ0n) is 16.4. The van der Waals surface area contributed by atoms with Gasteiger partial charge in [0.15, 0.2) is 0 Å². The van der Waals surface area contributed by atoms with Crippen molar-refractivity contribution in [2.24, 2.45) is 0 Å². The van der Waals surface area contributed by atoms with Crippen LogP contribution in [-0.2, 0) is 6.54 Å². The molecule has 0 aliphatic carbocycles. The summed E-state index contributed by atoms with van der Waals surface area (Å²) in [6, 6.07) is 19.7. The number of nitrogens with zero attached hydrogens (tertiary/aromatic N) is 3. The lowest BCUT2D eigenvalue weighted by Gasteiger charge is -2.31. The van der Waals surface area contributed by atoms with E-state index in [1.807, 2.05) is 30.3 Å². The molecule has 0 heterocycles. The summed E-state index contributed by atoms with van der Waals surface area (Å²) in [5.74, 6) is 0. The van der Waals surface area contributed by atoms with Crippen molar-refractivity contribution in [3.05, 3.63) is 71.3 Å². The molecule has 0 aromatic heterocycles. The van der Waals surface area contributed by atoms with E-state index in [1.165, 1.54) is 5.56 Å². The Morgan fingerprint density at radius 2 is 1.70 bits per heavy atom. The summed E-state index contributed by atoms with van der Waals surface area (Å²) < 4.78 is 0. The average molecular weight is 364 g/mol. The molecular weight excluding hydrogens is 336 g/mol. The molecule has 1 unspecified atom stereocenters. The Hall–Kier alpha value is -2.84. The minimum atomic E-state index is -0.104. The number of nitriles is 1. The van der Waals surface area contributed by atoms with Crippen LogP contribution in [0, 0.1) is 11.3 Å². The van der Waals surface area contributed by atoms with Crippen LogP contribution in [0.25, 0.3) is 0 Å². The first-order chi connectivity index (χ1) is 13.1. The number of likely N-dealkylation sites (N-methyl/N-ethyl adjacent to an activating group) is 1. The van der Waals surface area contributed by atoms with Crippen LogP contribution in [-0.4, -0.2) is 42.5 Å². The Labute approximate surface area is 162 Å². The molecule has 2 aromatic carbocycles. The van der Waals surface area contributed by atoms with E-state index in [0.29, 0.717) is 18.7 Å². The maximum absolute atomic E-state index is 12.5. The number of carbonyl (C=O) groups excluding carboxylic acids is 1. The third kappa shape index (κ3) is 5.83. The number of urea groups is 1. The second-order valence-corrected chi connectivity index (χ2v) is 6.50. The average Bonchev–Trinajstić information content (AvgIpc) is 2.72. The lowest BCUT2D eigenvalue weighted by atomic mass is 10.1. The van der Waals surface area contributed by atoms with Gasteiger partial charge in [0.05, 0.1) is 17.7 Å². The van der Waals surface area contributed by atoms with Gasteiger partial charge in [-0.05, 0) is 36.3 Å². The molecule has 1 atom stereocenters. The molecule has 5 heteroatoms. The predicted octanol–water partition coefficient (Wildman–Crippen LogP) is 3.78. The van der Waals surface area contributed by atoms with Crippen LogP contribution in [0.1, 0.15) is 36.6 Å². The summed E-state index contributed by atoms with van der Waals surface area (Å²) >= 11 is 0. The Bertz CT molecular complexity index is 748. The summed E-state index contributed by atoms with van der Waals surface area (Å²) in [7, 11) is 1.78. The molecule has 2 rings (SSSR count). The number of hydrogen-bond donors (Lipinski definition) is 1. The fourth-order valence-corrected chi connectivity index (χ4v) is 3.15. The molecule has 27 heavy (non-hydrogen) atoms. The normalized spacial score (nSPS) is 11.7. The fourth-order valence-electron chi connectivity index (χ4n) is 3.15. The SMILES string of the molecule is CCN(CC)C(CNC(=O)N(C)Cc1ccc(C#N)cc1)c1ccccc1. The molecule has 1 N–H and O–H groups in total. The molecular formula is C22H28N4O. The van der Waals surface area contributed by atoms with Crippen LogP contribution >= 0.6 is 0 Å². The Morgan fingerprint density at radius 3 is 2.26 bits per heavy atom. The molecule has 0 bridgehead atoms. The van der Waals surface area contributed by atoms with E-state index in [1.54, 1.807) is 24.1 Å². The number of carbonyl (C=O) groups is 1. The molecule has 0 radical (unpaired) electrons. The van der Waals surface area contributed by atoms with Gasteiger partial charge in [0, 0.05) is 20.1 Å². The largest absolute Gasteiger partial charge is 0.336 e. The number of benzene rings is 2. The molecule has 0 saturated heterocycles. The number of hydrogen-bond acceptors (Lipinski definition) is 3. The highest BCUT2D eigenvalue weighted by molar-refractivity contribution is 5.73. The van der Waals surface area contributed by atoms with E-state index in [2.05, 4.69) is 42.3 Å². The van der Waals surface area contributed by atoms with E-state index in [9.17, 15) is 4.79 Å². The molecule has 2 amide bonds. The summed E-state index contributed by atoms with van der Waals surface area (Å²) in [4.78, 5) is 16.6. The number of nitrogens with one attached hydrogen (secondary N) is 1. The summed E-state index contributed by atoms with van der Waals surface area (Å²) in [6.45, 7) is 7.18. The fraction of sp³-hybridized carbons (Fsp3) is 0.364. The molecule has 0 saturated carbocycles. The van der Waals surface area contributed by atoms with E-state index in [-0.39, 0.29) is 12.1 Å². The van der Waals surface area contributed by atoms with Gasteiger partial charge in [-0.15, -0.1) is 0 Å². The first-order valence-corrected chi connectivity index (χ1v) is 9.36. The highest BCUT2D eigenvalue weighted by Gasteiger charge is 2.19. The van der Waals surface area contributed by atoms with E-state index < -0.39 is 0 Å². The quantitative estimate of drug-likeness (QED) is 0.775. The number of rotatable bonds is 8. The van der Waals surface area contributed by atoms with Gasteiger partial charge in [-0.3, -0.25) is 4.90 Å². The first-order valence-electron chi connectivity index (χ1n) is 9.36. The first kappa shape index (κ1) is 20.5. The third-order valence-electron chi connectivity index (χ3n) is 4.73. The standard InChI is InChI=1S/C22H28N4O/c1-4-26(5-2)21(20-9-7-6-8-10-20)16-24-22(27)25(3)17-19-13-11-18(15-23)12-14-19/h6-14,21H,4-5,16-17H2,1-3H3,(H,24,27). The molecule has 2 aromatic rings. The van der Waals surface area contributed by atoms with Gasteiger partial charge in [0.1, 0.15) is 0 Å². The van der Waals surface area contributed by atoms with Gasteiger partial charge < -0.3 is 10.2 Å². The second-order valence-electron chi connectivity index (χ2n) is 6.50. The molecule has 5 nitrogen and oxygen atoms in total. The lowest BCUT2D eigenvalue weighted by molar-refractivity contribution is 0.188. The predicted molar refractivity (Wildman–Crippen MR) is 108 cm³/mol. The van der Waals surface area contributed by atoms with Crippen molar-refractivity contribution in [2.75, 3.05) is 26.7 Å². The van der Waals surface area contributed by atoms with Gasteiger partial charge >= 0.3 is 6.03 Å². The highest BCUT2D eigenvalue weighted by atomic mass is 16.2.